The third-order valence-corrected chi connectivity index (χ3v) is 7.68. The van der Waals surface area contributed by atoms with E-state index in [1.807, 2.05) is 19.9 Å². The third kappa shape index (κ3) is 4.27. The number of carboxylic acid groups (broad SMARTS) is 1. The van der Waals surface area contributed by atoms with Crippen LogP contribution in [-0.2, 0) is 14.4 Å². The number of nitrogens with one attached hydrogen (secondary N) is 1. The number of hydrogen-bond acceptors (Lipinski definition) is 5. The van der Waals surface area contributed by atoms with Crippen molar-refractivity contribution < 1.29 is 29.7 Å². The van der Waals surface area contributed by atoms with Gasteiger partial charge in [-0.25, -0.2) is 4.79 Å². The maximum absolute atomic E-state index is 13.1. The quantitative estimate of drug-likeness (QED) is 0.223. The number of carbonyl (C=O) groups is 3. The molecule has 32 heavy (non-hydrogen) atoms. The van der Waals surface area contributed by atoms with Crippen molar-refractivity contribution in [2.75, 3.05) is 0 Å². The highest BCUT2D eigenvalue weighted by Gasteiger charge is 2.49. The molecule has 1 heterocycles. The van der Waals surface area contributed by atoms with Crippen LogP contribution in [-0.4, -0.2) is 44.6 Å². The van der Waals surface area contributed by atoms with Gasteiger partial charge in [0.15, 0.2) is 11.4 Å². The molecule has 1 saturated heterocycles. The fourth-order valence-electron chi connectivity index (χ4n) is 5.98. The zero-order valence-corrected chi connectivity index (χ0v) is 19.5. The van der Waals surface area contributed by atoms with E-state index in [-0.39, 0.29) is 29.1 Å². The molecule has 3 aliphatic rings. The number of amides is 1. The van der Waals surface area contributed by atoms with Gasteiger partial charge in [0.2, 0.25) is 0 Å². The molecule has 1 amide bonds. The Balaban J connectivity index is 2.04. The molecule has 0 radical (unpaired) electrons. The number of fused-ring (bicyclic) bond motifs is 1. The van der Waals surface area contributed by atoms with Crippen LogP contribution in [0.4, 0.5) is 0 Å². The van der Waals surface area contributed by atoms with Gasteiger partial charge in [0.05, 0.1) is 6.04 Å². The molecule has 0 aromatic heterocycles. The molecule has 7 nitrogen and oxygen atoms in total. The fourth-order valence-corrected chi connectivity index (χ4v) is 5.98. The minimum atomic E-state index is -2.17. The Bertz CT molecular complexity index is 898. The molecule has 0 spiro atoms. The molecular formula is C25H35NO6. The molecule has 0 bridgehead atoms. The lowest BCUT2D eigenvalue weighted by Gasteiger charge is -2.47. The van der Waals surface area contributed by atoms with E-state index in [1.54, 1.807) is 0 Å². The third-order valence-electron chi connectivity index (χ3n) is 7.68. The molecule has 8 atom stereocenters. The highest BCUT2D eigenvalue weighted by atomic mass is 16.4. The topological polar surface area (TPSA) is 124 Å². The number of rotatable bonds is 5. The van der Waals surface area contributed by atoms with E-state index >= 15 is 0 Å². The van der Waals surface area contributed by atoms with Crippen molar-refractivity contribution in [1.29, 1.82) is 0 Å². The average molecular weight is 446 g/mol. The zero-order chi connectivity index (χ0) is 24.0. The van der Waals surface area contributed by atoms with Crippen molar-refractivity contribution in [2.24, 2.45) is 35.5 Å². The first-order chi connectivity index (χ1) is 14.9. The Morgan fingerprint density at radius 2 is 1.88 bits per heavy atom. The van der Waals surface area contributed by atoms with E-state index < -0.39 is 41.6 Å². The Kier molecular flexibility index (Phi) is 6.70. The summed E-state index contributed by atoms with van der Waals surface area (Å²) in [7, 11) is 0. The maximum Gasteiger partial charge on any atom is 0.335 e. The van der Waals surface area contributed by atoms with Gasteiger partial charge < -0.3 is 20.6 Å². The summed E-state index contributed by atoms with van der Waals surface area (Å²) >= 11 is 0. The van der Waals surface area contributed by atoms with Crippen LogP contribution in [0.3, 0.4) is 0 Å². The van der Waals surface area contributed by atoms with Crippen LogP contribution in [0.2, 0.25) is 0 Å². The summed E-state index contributed by atoms with van der Waals surface area (Å²) in [5, 5.41) is 33.2. The zero-order valence-electron chi connectivity index (χ0n) is 19.5. The van der Waals surface area contributed by atoms with Crippen molar-refractivity contribution in [3.8, 4) is 0 Å². The first-order valence-electron chi connectivity index (χ1n) is 11.4. The number of aliphatic hydroxyl groups excluding tert-OH is 1. The number of aliphatic carboxylic acids is 1. The van der Waals surface area contributed by atoms with E-state index in [0.717, 1.165) is 25.3 Å². The molecular weight excluding hydrogens is 410 g/mol. The number of Topliss-reactive ketones (excluding diaryl/α,β-unsaturated/α-hetero) is 1. The minimum absolute atomic E-state index is 0.0883. The molecule has 2 fully saturated rings. The summed E-state index contributed by atoms with van der Waals surface area (Å²) < 4.78 is 0. The lowest BCUT2D eigenvalue weighted by atomic mass is 9.57. The van der Waals surface area contributed by atoms with Gasteiger partial charge in [-0.05, 0) is 57.3 Å². The van der Waals surface area contributed by atoms with Crippen LogP contribution < -0.4 is 5.32 Å². The largest absolute Gasteiger partial charge is 0.511 e. The Morgan fingerprint density at radius 3 is 2.47 bits per heavy atom. The molecule has 7 heteroatoms. The van der Waals surface area contributed by atoms with Crippen LogP contribution in [0, 0.1) is 35.5 Å². The number of carbonyl (C=O) groups excluding carboxylic acids is 2. The lowest BCUT2D eigenvalue weighted by molar-refractivity contribution is -0.158. The minimum Gasteiger partial charge on any atom is -0.511 e. The van der Waals surface area contributed by atoms with Crippen LogP contribution in [0.5, 0.6) is 0 Å². The predicted octanol–water partition coefficient (Wildman–Crippen LogP) is 3.16. The monoisotopic (exact) mass is 445 g/mol. The summed E-state index contributed by atoms with van der Waals surface area (Å²) in [4.78, 5) is 37.1. The summed E-state index contributed by atoms with van der Waals surface area (Å²) in [5.41, 5.74) is -1.41. The summed E-state index contributed by atoms with van der Waals surface area (Å²) in [6.07, 6.45) is 7.85. The van der Waals surface area contributed by atoms with Crippen LogP contribution >= 0.6 is 0 Å². The van der Waals surface area contributed by atoms with Gasteiger partial charge in [-0.1, -0.05) is 37.6 Å². The van der Waals surface area contributed by atoms with E-state index in [9.17, 15) is 29.7 Å². The molecule has 1 aliphatic heterocycles. The molecule has 176 valence electrons. The molecule has 3 rings (SSSR count). The van der Waals surface area contributed by atoms with Crippen molar-refractivity contribution in [1.82, 2.24) is 5.32 Å². The number of aliphatic hydroxyl groups is 2. The van der Waals surface area contributed by atoms with E-state index in [0.29, 0.717) is 11.8 Å². The van der Waals surface area contributed by atoms with Gasteiger partial charge in [-0.15, -0.1) is 0 Å². The first kappa shape index (κ1) is 24.2. The van der Waals surface area contributed by atoms with Crippen molar-refractivity contribution in [3.05, 3.63) is 35.1 Å². The molecule has 0 aromatic carbocycles. The number of carboxylic acids is 1. The van der Waals surface area contributed by atoms with Gasteiger partial charge >= 0.3 is 5.97 Å². The van der Waals surface area contributed by atoms with Gasteiger partial charge in [-0.2, -0.15) is 0 Å². The fraction of sp³-hybridized carbons (Fsp3) is 0.640. The summed E-state index contributed by atoms with van der Waals surface area (Å²) in [6, 6.07) is -1.19. The normalized spacial score (nSPS) is 38.7. The van der Waals surface area contributed by atoms with E-state index in [2.05, 4.69) is 31.3 Å². The second-order valence-electron chi connectivity index (χ2n) is 10.2. The van der Waals surface area contributed by atoms with Gasteiger partial charge in [0, 0.05) is 18.3 Å². The Hall–Kier alpha value is -2.41. The Morgan fingerprint density at radius 1 is 1.22 bits per heavy atom. The number of allylic oxidation sites excluding steroid dienone is 5. The highest BCUT2D eigenvalue weighted by molar-refractivity contribution is 6.27. The number of hydrogen-bond donors (Lipinski definition) is 4. The first-order valence-corrected chi connectivity index (χ1v) is 11.4. The van der Waals surface area contributed by atoms with Crippen molar-refractivity contribution in [3.63, 3.8) is 0 Å². The van der Waals surface area contributed by atoms with Crippen LogP contribution in [0.1, 0.15) is 53.9 Å². The van der Waals surface area contributed by atoms with E-state index in [4.69, 9.17) is 0 Å². The average Bonchev–Trinajstić information content (AvgIpc) is 2.98. The predicted molar refractivity (Wildman–Crippen MR) is 120 cm³/mol. The Labute approximate surface area is 189 Å². The van der Waals surface area contributed by atoms with E-state index in [1.165, 1.54) is 0 Å². The van der Waals surface area contributed by atoms with Gasteiger partial charge in [-0.3, -0.25) is 9.59 Å². The number of ketones is 1. The summed E-state index contributed by atoms with van der Waals surface area (Å²) in [6.45, 7) is 9.40. The van der Waals surface area contributed by atoms with Crippen molar-refractivity contribution in [2.45, 2.75) is 65.5 Å². The second-order valence-corrected chi connectivity index (χ2v) is 10.2. The molecule has 0 aromatic rings. The van der Waals surface area contributed by atoms with Gasteiger partial charge in [0.25, 0.3) is 5.91 Å². The smallest absolute Gasteiger partial charge is 0.335 e. The van der Waals surface area contributed by atoms with Gasteiger partial charge in [0.1, 0.15) is 11.3 Å². The van der Waals surface area contributed by atoms with Crippen molar-refractivity contribution >= 4 is 17.7 Å². The molecule has 2 aliphatic carbocycles. The van der Waals surface area contributed by atoms with Crippen LogP contribution in [0.15, 0.2) is 35.1 Å². The molecule has 1 saturated carbocycles. The van der Waals surface area contributed by atoms with Crippen LogP contribution in [0.25, 0.3) is 0 Å². The SMILES string of the molecule is C/C=C(\C)[C@@H]1C=C[C@@H]2C[C@H](C)C[C@H](C)[C@H]2[C@@H]1/C(O)=C1\C(=O)N[C@H](C[C@@](C)(O)C(=O)O)C1=O. The maximum atomic E-state index is 13.1. The highest BCUT2D eigenvalue weighted by Crippen LogP contribution is 2.51. The standard InChI is InChI=1S/C25H35NO6/c1-6-13(3)16-8-7-15-10-12(2)9-14(4)18(15)19(16)22(28)20-21(27)17(26-23(20)29)11-25(5,32)24(30)31/h6-8,12,14-19,28,32H,9-11H2,1-5H3,(H,26,29)(H,30,31)/b13-6+,22-20+/t12-,14+,15-,16+,17-,18-,19-,25-/m1/s1. The lowest BCUT2D eigenvalue weighted by Crippen LogP contribution is -2.43. The summed E-state index contributed by atoms with van der Waals surface area (Å²) in [5.74, 6) is -2.39. The second kappa shape index (κ2) is 8.85. The molecule has 4 N–H and O–H groups in total. The molecule has 0 unspecified atom stereocenters.